The average molecular weight is 272 g/mol. The van der Waals surface area contributed by atoms with Gasteiger partial charge >= 0.3 is 0 Å². The average Bonchev–Trinajstić information content (AvgIpc) is 2.81. The fourth-order valence-corrected chi connectivity index (χ4v) is 2.48. The summed E-state index contributed by atoms with van der Waals surface area (Å²) in [7, 11) is 2.00. The van der Waals surface area contributed by atoms with E-state index in [0.29, 0.717) is 0 Å². The van der Waals surface area contributed by atoms with Crippen molar-refractivity contribution in [3.63, 3.8) is 0 Å². The second-order valence-electron chi connectivity index (χ2n) is 5.30. The molecule has 4 nitrogen and oxygen atoms in total. The normalized spacial score (nSPS) is 12.6. The molecule has 0 aliphatic rings. The predicted molar refractivity (Wildman–Crippen MR) is 82.3 cm³/mol. The summed E-state index contributed by atoms with van der Waals surface area (Å²) in [5, 5.41) is 4.49. The van der Waals surface area contributed by atoms with Gasteiger partial charge in [0.2, 0.25) is 0 Å². The first-order chi connectivity index (χ1) is 9.63. The van der Waals surface area contributed by atoms with Gasteiger partial charge in [0.15, 0.2) is 0 Å². The summed E-state index contributed by atoms with van der Waals surface area (Å²) in [5.41, 5.74) is 7.95. The number of hydrazine groups is 1. The molecule has 108 valence electrons. The Morgan fingerprint density at radius 1 is 1.30 bits per heavy atom. The van der Waals surface area contributed by atoms with E-state index < -0.39 is 0 Å². The first-order valence-corrected chi connectivity index (χ1v) is 7.16. The molecule has 2 aromatic rings. The van der Waals surface area contributed by atoms with Crippen molar-refractivity contribution in [1.29, 1.82) is 0 Å². The van der Waals surface area contributed by atoms with Gasteiger partial charge in [0.1, 0.15) is 0 Å². The van der Waals surface area contributed by atoms with Gasteiger partial charge in [-0.2, -0.15) is 5.10 Å². The molecule has 0 spiro atoms. The Morgan fingerprint density at radius 3 is 2.65 bits per heavy atom. The van der Waals surface area contributed by atoms with Gasteiger partial charge in [-0.25, -0.2) is 0 Å². The molecule has 0 fully saturated rings. The zero-order chi connectivity index (χ0) is 14.5. The molecule has 3 N–H and O–H groups in total. The van der Waals surface area contributed by atoms with E-state index >= 15 is 0 Å². The SMILES string of the molecule is CCc1cc(CC(Cc2ccccc2C)NN)n(C)n1. The lowest BCUT2D eigenvalue weighted by atomic mass is 9.98. The lowest BCUT2D eigenvalue weighted by Crippen LogP contribution is -2.39. The van der Waals surface area contributed by atoms with Crippen LogP contribution in [-0.2, 0) is 26.3 Å². The minimum atomic E-state index is 0.219. The molecule has 20 heavy (non-hydrogen) atoms. The van der Waals surface area contributed by atoms with E-state index in [0.717, 1.165) is 25.0 Å². The number of rotatable bonds is 6. The van der Waals surface area contributed by atoms with Crippen LogP contribution in [0.25, 0.3) is 0 Å². The summed E-state index contributed by atoms with van der Waals surface area (Å²) in [6.45, 7) is 4.26. The van der Waals surface area contributed by atoms with Crippen molar-refractivity contribution in [3.05, 3.63) is 52.8 Å². The summed E-state index contributed by atoms with van der Waals surface area (Å²) in [5.74, 6) is 5.73. The first-order valence-electron chi connectivity index (χ1n) is 7.16. The van der Waals surface area contributed by atoms with Crippen molar-refractivity contribution >= 4 is 0 Å². The first kappa shape index (κ1) is 14.8. The Bertz CT molecular complexity index is 559. The molecule has 0 bridgehead atoms. The summed E-state index contributed by atoms with van der Waals surface area (Å²) in [6.07, 6.45) is 2.77. The van der Waals surface area contributed by atoms with Crippen LogP contribution in [0.2, 0.25) is 0 Å². The summed E-state index contributed by atoms with van der Waals surface area (Å²) in [4.78, 5) is 0. The highest BCUT2D eigenvalue weighted by molar-refractivity contribution is 5.26. The maximum Gasteiger partial charge on any atom is 0.0624 e. The van der Waals surface area contributed by atoms with Crippen LogP contribution in [0.15, 0.2) is 30.3 Å². The van der Waals surface area contributed by atoms with E-state index in [4.69, 9.17) is 5.84 Å². The number of benzene rings is 1. The number of nitrogens with zero attached hydrogens (tertiary/aromatic N) is 2. The second kappa shape index (κ2) is 6.68. The quantitative estimate of drug-likeness (QED) is 0.624. The van der Waals surface area contributed by atoms with Crippen LogP contribution in [-0.4, -0.2) is 15.8 Å². The smallest absolute Gasteiger partial charge is 0.0624 e. The Kier molecular flexibility index (Phi) is 4.93. The van der Waals surface area contributed by atoms with Gasteiger partial charge in [-0.15, -0.1) is 0 Å². The molecule has 1 unspecified atom stereocenters. The monoisotopic (exact) mass is 272 g/mol. The van der Waals surface area contributed by atoms with E-state index in [9.17, 15) is 0 Å². The maximum atomic E-state index is 5.73. The molecule has 1 heterocycles. The third-order valence-electron chi connectivity index (χ3n) is 3.81. The number of nitrogens with one attached hydrogen (secondary N) is 1. The number of nitrogens with two attached hydrogens (primary N) is 1. The zero-order valence-electron chi connectivity index (χ0n) is 12.6. The molecule has 0 aliphatic heterocycles. The van der Waals surface area contributed by atoms with E-state index in [1.807, 2.05) is 11.7 Å². The van der Waals surface area contributed by atoms with Gasteiger partial charge in [0, 0.05) is 25.2 Å². The van der Waals surface area contributed by atoms with Crippen molar-refractivity contribution in [1.82, 2.24) is 15.2 Å². The highest BCUT2D eigenvalue weighted by Crippen LogP contribution is 2.13. The Hall–Kier alpha value is -1.65. The Labute approximate surface area is 121 Å². The van der Waals surface area contributed by atoms with Crippen molar-refractivity contribution in [2.24, 2.45) is 12.9 Å². The molecule has 1 atom stereocenters. The van der Waals surface area contributed by atoms with Gasteiger partial charge in [0.25, 0.3) is 0 Å². The summed E-state index contributed by atoms with van der Waals surface area (Å²) < 4.78 is 1.96. The lowest BCUT2D eigenvalue weighted by molar-refractivity contribution is 0.504. The van der Waals surface area contributed by atoms with Crippen LogP contribution in [0.5, 0.6) is 0 Å². The van der Waals surface area contributed by atoms with Gasteiger partial charge in [-0.3, -0.25) is 16.0 Å². The van der Waals surface area contributed by atoms with E-state index in [-0.39, 0.29) is 6.04 Å². The molecule has 0 radical (unpaired) electrons. The highest BCUT2D eigenvalue weighted by atomic mass is 15.3. The van der Waals surface area contributed by atoms with Gasteiger partial charge in [-0.1, -0.05) is 31.2 Å². The number of aromatic nitrogens is 2. The topological polar surface area (TPSA) is 55.9 Å². The fraction of sp³-hybridized carbons (Fsp3) is 0.438. The van der Waals surface area contributed by atoms with Crippen LogP contribution in [0, 0.1) is 6.92 Å². The Morgan fingerprint density at radius 2 is 2.05 bits per heavy atom. The molecule has 1 aromatic carbocycles. The highest BCUT2D eigenvalue weighted by Gasteiger charge is 2.13. The minimum Gasteiger partial charge on any atom is -0.272 e. The number of hydrogen-bond donors (Lipinski definition) is 2. The van der Waals surface area contributed by atoms with Gasteiger partial charge < -0.3 is 0 Å². The van der Waals surface area contributed by atoms with Crippen LogP contribution in [0.1, 0.15) is 29.4 Å². The molecule has 0 saturated heterocycles. The lowest BCUT2D eigenvalue weighted by Gasteiger charge is -2.17. The van der Waals surface area contributed by atoms with Crippen molar-refractivity contribution in [3.8, 4) is 0 Å². The third kappa shape index (κ3) is 3.46. The van der Waals surface area contributed by atoms with Crippen LogP contribution >= 0.6 is 0 Å². The fourth-order valence-electron chi connectivity index (χ4n) is 2.48. The minimum absolute atomic E-state index is 0.219. The van der Waals surface area contributed by atoms with E-state index in [1.165, 1.54) is 16.8 Å². The largest absolute Gasteiger partial charge is 0.272 e. The van der Waals surface area contributed by atoms with E-state index in [1.54, 1.807) is 0 Å². The second-order valence-corrected chi connectivity index (χ2v) is 5.30. The molecule has 2 rings (SSSR count). The molecule has 0 amide bonds. The number of hydrogen-bond acceptors (Lipinski definition) is 3. The summed E-state index contributed by atoms with van der Waals surface area (Å²) in [6, 6.07) is 10.8. The Balaban J connectivity index is 2.09. The maximum absolute atomic E-state index is 5.73. The molecule has 1 aromatic heterocycles. The van der Waals surface area contributed by atoms with Crippen LogP contribution in [0.3, 0.4) is 0 Å². The number of aryl methyl sites for hydroxylation is 3. The molecule has 0 saturated carbocycles. The zero-order valence-corrected chi connectivity index (χ0v) is 12.6. The predicted octanol–water partition coefficient (Wildman–Crippen LogP) is 1.91. The van der Waals surface area contributed by atoms with Gasteiger partial charge in [0.05, 0.1) is 5.69 Å². The van der Waals surface area contributed by atoms with Crippen molar-refractivity contribution in [2.45, 2.75) is 39.2 Å². The van der Waals surface area contributed by atoms with Gasteiger partial charge in [-0.05, 0) is 37.0 Å². The van der Waals surface area contributed by atoms with Crippen LogP contribution in [0.4, 0.5) is 0 Å². The van der Waals surface area contributed by atoms with E-state index in [2.05, 4.69) is 54.7 Å². The molecular weight excluding hydrogens is 248 g/mol. The molecule has 4 heteroatoms. The molecule has 0 aliphatic carbocycles. The third-order valence-corrected chi connectivity index (χ3v) is 3.81. The molecular formula is C16H24N4. The van der Waals surface area contributed by atoms with Crippen molar-refractivity contribution in [2.75, 3.05) is 0 Å². The standard InChI is InChI=1S/C16H24N4/c1-4-14-10-16(20(3)19-14)11-15(18-17)9-13-8-6-5-7-12(13)2/h5-8,10,15,18H,4,9,11,17H2,1-3H3. The van der Waals surface area contributed by atoms with Crippen molar-refractivity contribution < 1.29 is 0 Å². The van der Waals surface area contributed by atoms with Crippen LogP contribution < -0.4 is 11.3 Å². The summed E-state index contributed by atoms with van der Waals surface area (Å²) >= 11 is 0.